The van der Waals surface area contributed by atoms with Gasteiger partial charge in [0.25, 0.3) is 0 Å². The van der Waals surface area contributed by atoms with Gasteiger partial charge in [0.15, 0.2) is 0 Å². The van der Waals surface area contributed by atoms with Crippen LogP contribution in [-0.4, -0.2) is 37.7 Å². The first-order valence-corrected chi connectivity index (χ1v) is 7.84. The lowest BCUT2D eigenvalue weighted by molar-refractivity contribution is 0.137. The Labute approximate surface area is 122 Å². The standard InChI is InChI=1S/C17H26N2O/c1-12-5-4-10-19(12)16-9-6-13-11-14(20-3)7-8-15(13)17(16)18-2/h7-8,11-12,16-18H,4-6,9-10H2,1-3H3. The molecule has 1 aliphatic heterocycles. The van der Waals surface area contributed by atoms with Crippen molar-refractivity contribution in [2.45, 2.75) is 50.7 Å². The molecule has 3 atom stereocenters. The van der Waals surface area contributed by atoms with Gasteiger partial charge in [-0.2, -0.15) is 0 Å². The minimum Gasteiger partial charge on any atom is -0.497 e. The topological polar surface area (TPSA) is 24.5 Å². The molecule has 1 heterocycles. The SMILES string of the molecule is CNC1c2ccc(OC)cc2CCC1N1CCCC1C. The van der Waals surface area contributed by atoms with Crippen LogP contribution in [0.5, 0.6) is 5.75 Å². The van der Waals surface area contributed by atoms with Gasteiger partial charge in [0.05, 0.1) is 7.11 Å². The lowest BCUT2D eigenvalue weighted by atomic mass is 9.83. The number of nitrogens with zero attached hydrogens (tertiary/aromatic N) is 1. The molecule has 1 saturated heterocycles. The highest BCUT2D eigenvalue weighted by Crippen LogP contribution is 2.37. The molecule has 1 fully saturated rings. The molecule has 0 amide bonds. The number of hydrogen-bond acceptors (Lipinski definition) is 3. The summed E-state index contributed by atoms with van der Waals surface area (Å²) in [5, 5.41) is 3.56. The van der Waals surface area contributed by atoms with Gasteiger partial charge in [0, 0.05) is 18.1 Å². The maximum Gasteiger partial charge on any atom is 0.119 e. The lowest BCUT2D eigenvalue weighted by Crippen LogP contribution is -2.47. The number of likely N-dealkylation sites (tertiary alicyclic amines) is 1. The third kappa shape index (κ3) is 2.33. The highest BCUT2D eigenvalue weighted by molar-refractivity contribution is 5.40. The Bertz CT molecular complexity index is 474. The maximum atomic E-state index is 5.36. The van der Waals surface area contributed by atoms with E-state index in [1.807, 2.05) is 0 Å². The fourth-order valence-corrected chi connectivity index (χ4v) is 4.06. The molecule has 1 N–H and O–H groups in total. The number of benzene rings is 1. The minimum atomic E-state index is 0.449. The largest absolute Gasteiger partial charge is 0.497 e. The van der Waals surface area contributed by atoms with Crippen LogP contribution >= 0.6 is 0 Å². The summed E-state index contributed by atoms with van der Waals surface area (Å²) in [5.41, 5.74) is 2.91. The predicted octanol–water partition coefficient (Wildman–Crippen LogP) is 2.75. The summed E-state index contributed by atoms with van der Waals surface area (Å²) in [5.74, 6) is 0.978. The first-order chi connectivity index (χ1) is 9.74. The third-order valence-corrected chi connectivity index (χ3v) is 5.12. The molecule has 3 heteroatoms. The number of hydrogen-bond donors (Lipinski definition) is 1. The summed E-state index contributed by atoms with van der Waals surface area (Å²) in [6, 6.07) is 8.38. The predicted molar refractivity (Wildman–Crippen MR) is 82.3 cm³/mol. The van der Waals surface area contributed by atoms with Gasteiger partial charge in [-0.3, -0.25) is 4.90 Å². The maximum absolute atomic E-state index is 5.36. The Morgan fingerprint density at radius 2 is 2.15 bits per heavy atom. The fourth-order valence-electron chi connectivity index (χ4n) is 4.06. The number of fused-ring (bicyclic) bond motifs is 1. The molecule has 0 aromatic heterocycles. The number of methoxy groups -OCH3 is 1. The summed E-state index contributed by atoms with van der Waals surface area (Å²) in [6.07, 6.45) is 5.11. The molecule has 0 saturated carbocycles. The summed E-state index contributed by atoms with van der Waals surface area (Å²) >= 11 is 0. The van der Waals surface area contributed by atoms with E-state index >= 15 is 0 Å². The molecule has 3 rings (SSSR count). The van der Waals surface area contributed by atoms with Gasteiger partial charge in [-0.15, -0.1) is 0 Å². The molecule has 110 valence electrons. The minimum absolute atomic E-state index is 0.449. The molecule has 0 bridgehead atoms. The van der Waals surface area contributed by atoms with Crippen LogP contribution in [-0.2, 0) is 6.42 Å². The van der Waals surface area contributed by atoms with Crippen molar-refractivity contribution < 1.29 is 4.74 Å². The molecule has 0 radical (unpaired) electrons. The van der Waals surface area contributed by atoms with Crippen LogP contribution < -0.4 is 10.1 Å². The molecule has 1 aliphatic carbocycles. The van der Waals surface area contributed by atoms with Gasteiger partial charge in [-0.1, -0.05) is 6.07 Å². The zero-order valence-electron chi connectivity index (χ0n) is 12.9. The van der Waals surface area contributed by atoms with Crippen LogP contribution in [0.3, 0.4) is 0 Å². The van der Waals surface area contributed by atoms with Crippen molar-refractivity contribution >= 4 is 0 Å². The monoisotopic (exact) mass is 274 g/mol. The van der Waals surface area contributed by atoms with Crippen molar-refractivity contribution in [3.8, 4) is 5.75 Å². The molecule has 1 aromatic carbocycles. The molecular weight excluding hydrogens is 248 g/mol. The summed E-state index contributed by atoms with van der Waals surface area (Å²) in [6.45, 7) is 3.64. The highest BCUT2D eigenvalue weighted by Gasteiger charge is 2.36. The second-order valence-electron chi connectivity index (χ2n) is 6.17. The van der Waals surface area contributed by atoms with Crippen LogP contribution in [0.25, 0.3) is 0 Å². The lowest BCUT2D eigenvalue weighted by Gasteiger charge is -2.41. The third-order valence-electron chi connectivity index (χ3n) is 5.12. The number of ether oxygens (including phenoxy) is 1. The van der Waals surface area contributed by atoms with Crippen molar-refractivity contribution in [3.05, 3.63) is 29.3 Å². The van der Waals surface area contributed by atoms with E-state index in [4.69, 9.17) is 4.74 Å². The fraction of sp³-hybridized carbons (Fsp3) is 0.647. The van der Waals surface area contributed by atoms with Crippen LogP contribution in [0.2, 0.25) is 0 Å². The van der Waals surface area contributed by atoms with Gasteiger partial charge in [-0.05, 0) is 69.5 Å². The van der Waals surface area contributed by atoms with Crippen LogP contribution in [0.4, 0.5) is 0 Å². The van der Waals surface area contributed by atoms with Gasteiger partial charge in [0.2, 0.25) is 0 Å². The van der Waals surface area contributed by atoms with Crippen LogP contribution in [0.1, 0.15) is 43.4 Å². The molecule has 0 spiro atoms. The van der Waals surface area contributed by atoms with E-state index in [1.54, 1.807) is 7.11 Å². The Balaban J connectivity index is 1.89. The van der Waals surface area contributed by atoms with Crippen molar-refractivity contribution in [1.29, 1.82) is 0 Å². The van der Waals surface area contributed by atoms with E-state index < -0.39 is 0 Å². The Morgan fingerprint density at radius 3 is 2.80 bits per heavy atom. The quantitative estimate of drug-likeness (QED) is 0.917. The summed E-state index contributed by atoms with van der Waals surface area (Å²) in [4.78, 5) is 2.72. The highest BCUT2D eigenvalue weighted by atomic mass is 16.5. The van der Waals surface area contributed by atoms with Crippen molar-refractivity contribution in [2.75, 3.05) is 20.7 Å². The van der Waals surface area contributed by atoms with Gasteiger partial charge in [0.1, 0.15) is 5.75 Å². The average Bonchev–Trinajstić information content (AvgIpc) is 2.91. The Morgan fingerprint density at radius 1 is 1.30 bits per heavy atom. The van der Waals surface area contributed by atoms with Crippen molar-refractivity contribution in [2.24, 2.45) is 0 Å². The Kier molecular flexibility index (Phi) is 3.99. The molecule has 20 heavy (non-hydrogen) atoms. The van der Waals surface area contributed by atoms with Gasteiger partial charge in [-0.25, -0.2) is 0 Å². The van der Waals surface area contributed by atoms with Crippen LogP contribution in [0, 0.1) is 0 Å². The number of aryl methyl sites for hydroxylation is 1. The van der Waals surface area contributed by atoms with E-state index in [9.17, 15) is 0 Å². The summed E-state index contributed by atoms with van der Waals surface area (Å²) < 4.78 is 5.36. The molecule has 3 nitrogen and oxygen atoms in total. The second kappa shape index (κ2) is 5.74. The first-order valence-electron chi connectivity index (χ1n) is 7.84. The first kappa shape index (κ1) is 13.9. The number of likely N-dealkylation sites (N-methyl/N-ethyl adjacent to an activating group) is 1. The smallest absolute Gasteiger partial charge is 0.119 e. The average molecular weight is 274 g/mol. The zero-order chi connectivity index (χ0) is 14.1. The summed E-state index contributed by atoms with van der Waals surface area (Å²) in [7, 11) is 3.84. The van der Waals surface area contributed by atoms with E-state index in [-0.39, 0.29) is 0 Å². The van der Waals surface area contributed by atoms with E-state index in [0.717, 1.165) is 11.8 Å². The van der Waals surface area contributed by atoms with Crippen molar-refractivity contribution in [3.63, 3.8) is 0 Å². The molecule has 3 unspecified atom stereocenters. The van der Waals surface area contributed by atoms with E-state index in [2.05, 4.69) is 42.4 Å². The van der Waals surface area contributed by atoms with Gasteiger partial charge < -0.3 is 10.1 Å². The van der Waals surface area contributed by atoms with Gasteiger partial charge >= 0.3 is 0 Å². The number of rotatable bonds is 3. The molecule has 1 aromatic rings. The number of nitrogens with one attached hydrogen (secondary N) is 1. The second-order valence-corrected chi connectivity index (χ2v) is 6.17. The normalized spacial score (nSPS) is 30.2. The molecular formula is C17H26N2O. The Hall–Kier alpha value is -1.06. The van der Waals surface area contributed by atoms with E-state index in [0.29, 0.717) is 12.1 Å². The van der Waals surface area contributed by atoms with E-state index in [1.165, 1.54) is 43.4 Å². The van der Waals surface area contributed by atoms with Crippen molar-refractivity contribution in [1.82, 2.24) is 10.2 Å². The molecule has 2 aliphatic rings. The van der Waals surface area contributed by atoms with Crippen LogP contribution in [0.15, 0.2) is 18.2 Å². The zero-order valence-corrected chi connectivity index (χ0v) is 12.9.